The van der Waals surface area contributed by atoms with Crippen molar-refractivity contribution in [3.63, 3.8) is 0 Å². The van der Waals surface area contributed by atoms with E-state index in [1.807, 2.05) is 23.5 Å². The minimum absolute atomic E-state index is 0.00216. The molecular weight excluding hydrogens is 847 g/mol. The smallest absolute Gasteiger partial charge is 0.268 e. The van der Waals surface area contributed by atoms with Gasteiger partial charge in [0.1, 0.15) is 17.1 Å². The lowest BCUT2D eigenvalue weighted by Crippen LogP contribution is -2.78. The Hall–Kier alpha value is -5.56. The maximum Gasteiger partial charge on any atom is 0.268 e. The average Bonchev–Trinajstić information content (AvgIpc) is 4.04. The quantitative estimate of drug-likeness (QED) is 0.0747. The molecule has 3 fully saturated rings. The fourth-order valence-electron chi connectivity index (χ4n) is 9.70. The minimum atomic E-state index is -4.32. The molecule has 344 valence electrons. The number of hydrogen-bond acceptors (Lipinski definition) is 12. The Kier molecular flexibility index (Phi) is 13.4. The van der Waals surface area contributed by atoms with E-state index >= 15 is 0 Å². The van der Waals surface area contributed by atoms with Gasteiger partial charge < -0.3 is 39.6 Å². The van der Waals surface area contributed by atoms with E-state index in [0.717, 1.165) is 94.9 Å². The van der Waals surface area contributed by atoms with Crippen LogP contribution in [0.2, 0.25) is 0 Å². The van der Waals surface area contributed by atoms with Crippen LogP contribution < -0.4 is 30.3 Å². The molecule has 9 rings (SSSR count). The first-order chi connectivity index (χ1) is 31.5. The summed E-state index contributed by atoms with van der Waals surface area (Å²) in [6.07, 6.45) is 6.94. The van der Waals surface area contributed by atoms with E-state index in [4.69, 9.17) is 14.2 Å². The number of fused-ring (bicyclic) bond motifs is 2. The van der Waals surface area contributed by atoms with Crippen LogP contribution in [0.4, 0.5) is 17.1 Å². The number of rotatable bonds is 15. The number of benzene rings is 3. The summed E-state index contributed by atoms with van der Waals surface area (Å²) < 4.78 is 47.4. The van der Waals surface area contributed by atoms with Crippen molar-refractivity contribution in [1.82, 2.24) is 29.8 Å². The van der Waals surface area contributed by atoms with Crippen LogP contribution in [-0.4, -0.2) is 125 Å². The van der Waals surface area contributed by atoms with E-state index in [1.54, 1.807) is 43.8 Å². The van der Waals surface area contributed by atoms with Gasteiger partial charge in [-0.25, -0.2) is 18.1 Å². The summed E-state index contributed by atoms with van der Waals surface area (Å²) in [4.78, 5) is 42.5. The van der Waals surface area contributed by atoms with Crippen molar-refractivity contribution < 1.29 is 37.5 Å². The van der Waals surface area contributed by atoms with Gasteiger partial charge in [-0.05, 0) is 92.6 Å². The molecule has 3 aromatic carbocycles. The van der Waals surface area contributed by atoms with Crippen molar-refractivity contribution >= 4 is 49.9 Å². The SMILES string of the molecule is COC[NH2+]c1cc(S(=O)(=O)NC(=O)c2ccc(N3CCN(CC4(C)Cc5ccccc5CN4C(=O)C4CCNC4)CC3)cc2Oc2cnc3[nH]ccc3c2)ccc1NCC1CCOCC1. The van der Waals surface area contributed by atoms with Crippen molar-refractivity contribution in [2.24, 2.45) is 11.8 Å². The number of H-pyrrole nitrogens is 1. The summed E-state index contributed by atoms with van der Waals surface area (Å²) in [6, 6.07) is 22.2. The van der Waals surface area contributed by atoms with E-state index in [9.17, 15) is 18.0 Å². The molecule has 2 amide bonds. The van der Waals surface area contributed by atoms with Gasteiger partial charge in [-0.15, -0.1) is 0 Å². The highest BCUT2D eigenvalue weighted by Crippen LogP contribution is 2.36. The van der Waals surface area contributed by atoms with Gasteiger partial charge in [0.05, 0.1) is 33.8 Å². The number of nitrogens with two attached hydrogens (primary N) is 1. The number of ether oxygens (including phenoxy) is 3. The lowest BCUT2D eigenvalue weighted by atomic mass is 9.82. The van der Waals surface area contributed by atoms with E-state index < -0.39 is 15.9 Å². The van der Waals surface area contributed by atoms with Crippen LogP contribution in [0.3, 0.4) is 0 Å². The first-order valence-electron chi connectivity index (χ1n) is 22.7. The number of hydrogen-bond donors (Lipinski definition) is 5. The van der Waals surface area contributed by atoms with Gasteiger partial charge in [-0.3, -0.25) is 19.8 Å². The number of carbonyl (C=O) groups is 2. The lowest BCUT2D eigenvalue weighted by Gasteiger charge is -2.50. The lowest BCUT2D eigenvalue weighted by molar-refractivity contribution is -0.608. The Labute approximate surface area is 380 Å². The molecule has 4 aliphatic heterocycles. The largest absolute Gasteiger partial charge is 0.455 e. The first-order valence-corrected chi connectivity index (χ1v) is 24.2. The number of piperazine rings is 1. The number of nitrogens with zero attached hydrogens (tertiary/aromatic N) is 4. The van der Waals surface area contributed by atoms with Gasteiger partial charge in [-0.2, -0.15) is 0 Å². The van der Waals surface area contributed by atoms with E-state index in [2.05, 4.69) is 71.2 Å². The first kappa shape index (κ1) is 44.6. The number of methoxy groups -OCH3 is 1. The normalized spacial score (nSPS) is 20.7. The summed E-state index contributed by atoms with van der Waals surface area (Å²) in [7, 11) is -2.75. The van der Waals surface area contributed by atoms with E-state index in [-0.39, 0.29) is 40.3 Å². The van der Waals surface area contributed by atoms with Crippen molar-refractivity contribution in [3.05, 3.63) is 102 Å². The Balaban J connectivity index is 0.923. The zero-order valence-corrected chi connectivity index (χ0v) is 38.0. The molecule has 65 heavy (non-hydrogen) atoms. The minimum Gasteiger partial charge on any atom is -0.455 e. The number of aromatic amines is 1. The number of aromatic nitrogens is 2. The Morgan fingerprint density at radius 1 is 0.985 bits per heavy atom. The van der Waals surface area contributed by atoms with Gasteiger partial charge in [-0.1, -0.05) is 24.3 Å². The van der Waals surface area contributed by atoms with Crippen LogP contribution in [-0.2, 0) is 37.3 Å². The monoisotopic (exact) mass is 906 g/mol. The molecule has 0 aliphatic carbocycles. The van der Waals surface area contributed by atoms with Crippen molar-refractivity contribution in [2.75, 3.05) is 89.6 Å². The van der Waals surface area contributed by atoms with E-state index in [0.29, 0.717) is 42.6 Å². The molecule has 17 heteroatoms. The van der Waals surface area contributed by atoms with Crippen molar-refractivity contribution in [2.45, 2.75) is 49.6 Å². The maximum absolute atomic E-state index is 14.1. The van der Waals surface area contributed by atoms with Crippen molar-refractivity contribution in [1.29, 1.82) is 0 Å². The second-order valence-corrected chi connectivity index (χ2v) is 19.7. The van der Waals surface area contributed by atoms with Crippen LogP contribution in [0.1, 0.15) is 47.7 Å². The fraction of sp³-hybridized carbons (Fsp3) is 0.438. The molecule has 2 aromatic heterocycles. The summed E-state index contributed by atoms with van der Waals surface area (Å²) >= 11 is 0. The second-order valence-electron chi connectivity index (χ2n) is 18.0. The molecule has 16 nitrogen and oxygen atoms in total. The summed E-state index contributed by atoms with van der Waals surface area (Å²) in [5.41, 5.74) is 5.17. The van der Waals surface area contributed by atoms with Gasteiger partial charge in [0.15, 0.2) is 12.4 Å². The number of anilines is 2. The summed E-state index contributed by atoms with van der Waals surface area (Å²) in [5, 5.41) is 9.49. The number of amides is 2. The molecule has 6 heterocycles. The Morgan fingerprint density at radius 3 is 2.58 bits per heavy atom. The van der Waals surface area contributed by atoms with Gasteiger partial charge in [0.25, 0.3) is 15.9 Å². The van der Waals surface area contributed by atoms with Crippen LogP contribution in [0.15, 0.2) is 90.1 Å². The van der Waals surface area contributed by atoms with E-state index in [1.165, 1.54) is 17.2 Å². The third-order valence-corrected chi connectivity index (χ3v) is 14.7. The predicted molar refractivity (Wildman–Crippen MR) is 248 cm³/mol. The highest BCUT2D eigenvalue weighted by atomic mass is 32.2. The number of carbonyl (C=O) groups excluding carboxylic acids is 2. The number of sulfonamides is 1. The fourth-order valence-corrected chi connectivity index (χ4v) is 10.7. The maximum atomic E-state index is 14.1. The Bertz CT molecular complexity index is 2600. The van der Waals surface area contributed by atoms with Crippen molar-refractivity contribution in [3.8, 4) is 11.5 Å². The summed E-state index contributed by atoms with van der Waals surface area (Å²) in [5.74, 6) is 0.446. The van der Waals surface area contributed by atoms with Gasteiger partial charge in [0, 0.05) is 102 Å². The number of quaternary nitrogens is 1. The third kappa shape index (κ3) is 10.1. The second kappa shape index (κ2) is 19.5. The molecule has 0 radical (unpaired) electrons. The molecular formula is C48H60N9O7S+. The standard InChI is InChI=1S/C48H59N9O7S/c1-48(26-35-5-3-4-6-37(35)30-57(48)47(59)36-11-15-49-28-36)31-55-17-19-56(20-18-55)38-7-9-41(44(24-38)64-39-23-34-12-16-50-45(34)52-29-39)46(58)54-65(60,61)40-8-10-42(43(25-40)53-32-62-2)51-27-33-13-21-63-22-14-33/h3-10,12,16,23-25,29,33,36,49,51,53H,11,13-15,17-22,26-28,30-32H2,1-2H3,(H,50,52)(H,54,58)/p+1. The third-order valence-electron chi connectivity index (χ3n) is 13.4. The highest BCUT2D eigenvalue weighted by molar-refractivity contribution is 7.90. The molecule has 2 atom stereocenters. The molecule has 5 aromatic rings. The summed E-state index contributed by atoms with van der Waals surface area (Å²) in [6.45, 7) is 10.6. The predicted octanol–water partition coefficient (Wildman–Crippen LogP) is 4.19. The molecule has 3 saturated heterocycles. The molecule has 2 unspecified atom stereocenters. The van der Waals surface area contributed by atoms with Gasteiger partial charge >= 0.3 is 0 Å². The molecule has 0 saturated carbocycles. The van der Waals surface area contributed by atoms with Crippen LogP contribution >= 0.6 is 0 Å². The number of nitrogens with one attached hydrogen (secondary N) is 4. The molecule has 4 aliphatic rings. The molecule has 0 spiro atoms. The highest BCUT2D eigenvalue weighted by Gasteiger charge is 2.43. The topological polar surface area (TPSA) is 187 Å². The molecule has 0 bridgehead atoms. The zero-order valence-electron chi connectivity index (χ0n) is 37.2. The van der Waals surface area contributed by atoms with Gasteiger partial charge in [0.2, 0.25) is 5.91 Å². The van der Waals surface area contributed by atoms with Crippen LogP contribution in [0.5, 0.6) is 11.5 Å². The average molecular weight is 907 g/mol. The number of pyridine rings is 1. The molecule has 6 N–H and O–H groups in total. The Morgan fingerprint density at radius 2 is 1.80 bits per heavy atom. The zero-order chi connectivity index (χ0) is 45.0. The van der Waals surface area contributed by atoms with Crippen LogP contribution in [0, 0.1) is 11.8 Å². The van der Waals surface area contributed by atoms with Crippen LogP contribution in [0.25, 0.3) is 11.0 Å².